The maximum atomic E-state index is 11.9. The first kappa shape index (κ1) is 21.1. The number of amides is 2. The summed E-state index contributed by atoms with van der Waals surface area (Å²) < 4.78 is 5.84. The minimum absolute atomic E-state index is 0.0586. The SMILES string of the molecule is C[C@@H]1OCC2(CCN(c3cnc4c(N5CCN(C(N)=O)c6ncccc65)n[nH]c4n3)CC2)[C@@H]1N. The molecule has 12 heteroatoms. The van der Waals surface area contributed by atoms with Crippen LogP contribution in [0.5, 0.6) is 0 Å². The van der Waals surface area contributed by atoms with Gasteiger partial charge < -0.3 is 26.0 Å². The Bertz CT molecular complexity index is 1240. The second-order valence-electron chi connectivity index (χ2n) is 9.35. The lowest BCUT2D eigenvalue weighted by Gasteiger charge is -2.41. The number of carbonyl (C=O) groups is 1. The Morgan fingerprint density at radius 3 is 2.76 bits per heavy atom. The largest absolute Gasteiger partial charge is 0.376 e. The van der Waals surface area contributed by atoms with Crippen LogP contribution in [0.4, 0.5) is 27.9 Å². The lowest BCUT2D eigenvalue weighted by Crippen LogP contribution is -2.50. The quantitative estimate of drug-likeness (QED) is 0.506. The van der Waals surface area contributed by atoms with Crippen LogP contribution in [0.15, 0.2) is 24.5 Å². The van der Waals surface area contributed by atoms with Gasteiger partial charge in [0.1, 0.15) is 5.82 Å². The van der Waals surface area contributed by atoms with E-state index in [2.05, 4.69) is 27.0 Å². The van der Waals surface area contributed by atoms with Gasteiger partial charge in [-0.2, -0.15) is 5.10 Å². The number of rotatable bonds is 2. The summed E-state index contributed by atoms with van der Waals surface area (Å²) in [4.78, 5) is 31.5. The number of ether oxygens (including phenoxy) is 1. The molecule has 3 aliphatic rings. The summed E-state index contributed by atoms with van der Waals surface area (Å²) in [7, 11) is 0. The van der Waals surface area contributed by atoms with Crippen LogP contribution < -0.4 is 26.2 Å². The zero-order valence-electron chi connectivity index (χ0n) is 19.0. The number of fused-ring (bicyclic) bond motifs is 2. The van der Waals surface area contributed by atoms with Gasteiger partial charge in [-0.15, -0.1) is 0 Å². The predicted molar refractivity (Wildman–Crippen MR) is 127 cm³/mol. The smallest absolute Gasteiger partial charge is 0.320 e. The number of nitrogens with zero attached hydrogens (tertiary/aromatic N) is 7. The van der Waals surface area contributed by atoms with Gasteiger partial charge in [0.25, 0.3) is 0 Å². The topological polar surface area (TPSA) is 155 Å². The molecule has 3 aliphatic heterocycles. The van der Waals surface area contributed by atoms with E-state index in [9.17, 15) is 4.79 Å². The molecular weight excluding hydrogens is 436 g/mol. The second kappa shape index (κ2) is 7.77. The van der Waals surface area contributed by atoms with Crippen molar-refractivity contribution in [3.8, 4) is 0 Å². The molecule has 2 atom stereocenters. The molecule has 0 radical (unpaired) electrons. The summed E-state index contributed by atoms with van der Waals surface area (Å²) in [5.74, 6) is 1.97. The minimum atomic E-state index is -0.529. The van der Waals surface area contributed by atoms with Crippen molar-refractivity contribution in [1.82, 2.24) is 25.1 Å². The zero-order chi connectivity index (χ0) is 23.4. The molecular formula is C22H28N10O2. The number of pyridine rings is 1. The van der Waals surface area contributed by atoms with Crippen molar-refractivity contribution in [3.63, 3.8) is 0 Å². The molecule has 6 rings (SSSR count). The third kappa shape index (κ3) is 3.16. The fourth-order valence-electron chi connectivity index (χ4n) is 5.44. The number of hydrogen-bond acceptors (Lipinski definition) is 9. The molecule has 0 unspecified atom stereocenters. The van der Waals surface area contributed by atoms with E-state index in [1.165, 1.54) is 4.90 Å². The summed E-state index contributed by atoms with van der Waals surface area (Å²) in [6, 6.07) is 3.26. The van der Waals surface area contributed by atoms with Crippen LogP contribution in [-0.2, 0) is 4.74 Å². The molecule has 6 heterocycles. The van der Waals surface area contributed by atoms with Gasteiger partial charge in [0.05, 0.1) is 24.6 Å². The van der Waals surface area contributed by atoms with E-state index in [0.29, 0.717) is 35.9 Å². The highest BCUT2D eigenvalue weighted by Crippen LogP contribution is 2.42. The number of carbonyl (C=O) groups excluding carboxylic acids is 1. The van der Waals surface area contributed by atoms with Gasteiger partial charge in [-0.25, -0.2) is 19.7 Å². The van der Waals surface area contributed by atoms with Gasteiger partial charge in [-0.1, -0.05) is 0 Å². The van der Waals surface area contributed by atoms with Crippen molar-refractivity contribution >= 4 is 40.3 Å². The lowest BCUT2D eigenvalue weighted by molar-refractivity contribution is 0.0974. The van der Waals surface area contributed by atoms with Crippen molar-refractivity contribution in [2.45, 2.75) is 31.9 Å². The van der Waals surface area contributed by atoms with E-state index in [4.69, 9.17) is 26.2 Å². The van der Waals surface area contributed by atoms with Crippen LogP contribution in [0.1, 0.15) is 19.8 Å². The Kier molecular flexibility index (Phi) is 4.81. The molecule has 1 spiro atoms. The van der Waals surface area contributed by atoms with Gasteiger partial charge in [0.2, 0.25) is 0 Å². The number of urea groups is 1. The summed E-state index contributed by atoms with van der Waals surface area (Å²) in [6.07, 6.45) is 5.50. The van der Waals surface area contributed by atoms with Gasteiger partial charge in [0, 0.05) is 43.8 Å². The average Bonchev–Trinajstić information content (AvgIpc) is 3.40. The van der Waals surface area contributed by atoms with E-state index in [1.54, 1.807) is 12.4 Å². The van der Waals surface area contributed by atoms with Crippen molar-refractivity contribution in [1.29, 1.82) is 0 Å². The van der Waals surface area contributed by atoms with E-state index < -0.39 is 6.03 Å². The highest BCUT2D eigenvalue weighted by Gasteiger charge is 2.47. The Labute approximate surface area is 196 Å². The fraction of sp³-hybridized carbons (Fsp3) is 0.500. The number of aromatic amines is 1. The molecule has 2 amide bonds. The number of piperidine rings is 1. The number of H-pyrrole nitrogens is 1. The number of aromatic nitrogens is 5. The van der Waals surface area contributed by atoms with Crippen molar-refractivity contribution in [3.05, 3.63) is 24.5 Å². The highest BCUT2D eigenvalue weighted by molar-refractivity contribution is 5.97. The Morgan fingerprint density at radius 2 is 2.03 bits per heavy atom. The summed E-state index contributed by atoms with van der Waals surface area (Å²) >= 11 is 0. The standard InChI is InChI=1S/C22H28N10O2/c1-13-17(23)22(12-34-13)4-7-30(8-5-22)15-11-26-16-18(27-15)28-29-20(16)31-9-10-32(21(24)33)19-14(31)3-2-6-25-19/h2-3,6,11,13,17H,4-5,7-10,12,23H2,1H3,(H2,24,33)(H,27,28,29)/t13-,17+/m0/s1. The Hall–Kier alpha value is -3.51. The molecule has 0 bridgehead atoms. The Morgan fingerprint density at radius 1 is 1.21 bits per heavy atom. The van der Waals surface area contributed by atoms with Crippen molar-refractivity contribution in [2.75, 3.05) is 47.5 Å². The maximum absolute atomic E-state index is 11.9. The Balaban J connectivity index is 1.26. The monoisotopic (exact) mass is 464 g/mol. The van der Waals surface area contributed by atoms with Crippen LogP contribution in [0.3, 0.4) is 0 Å². The molecule has 2 fully saturated rings. The van der Waals surface area contributed by atoms with E-state index in [0.717, 1.165) is 44.0 Å². The summed E-state index contributed by atoms with van der Waals surface area (Å²) in [5.41, 5.74) is 14.1. The minimum Gasteiger partial charge on any atom is -0.376 e. The van der Waals surface area contributed by atoms with Crippen LogP contribution in [0, 0.1) is 5.41 Å². The normalized spacial score (nSPS) is 24.1. The van der Waals surface area contributed by atoms with E-state index in [1.807, 2.05) is 17.0 Å². The first-order valence-electron chi connectivity index (χ1n) is 11.6. The number of nitrogens with one attached hydrogen (secondary N) is 1. The van der Waals surface area contributed by atoms with Crippen molar-refractivity contribution in [2.24, 2.45) is 16.9 Å². The molecule has 12 nitrogen and oxygen atoms in total. The van der Waals surface area contributed by atoms with Gasteiger partial charge in [-0.3, -0.25) is 10.00 Å². The first-order chi connectivity index (χ1) is 16.5. The van der Waals surface area contributed by atoms with Gasteiger partial charge in [-0.05, 0) is 31.9 Å². The number of hydrogen-bond donors (Lipinski definition) is 3. The van der Waals surface area contributed by atoms with Crippen molar-refractivity contribution < 1.29 is 9.53 Å². The molecule has 5 N–H and O–H groups in total. The maximum Gasteiger partial charge on any atom is 0.320 e. The van der Waals surface area contributed by atoms with Gasteiger partial charge >= 0.3 is 6.03 Å². The molecule has 0 aromatic carbocycles. The summed E-state index contributed by atoms with van der Waals surface area (Å²) in [6.45, 7) is 5.43. The lowest BCUT2D eigenvalue weighted by atomic mass is 9.73. The third-order valence-corrected chi connectivity index (χ3v) is 7.55. The fourth-order valence-corrected chi connectivity index (χ4v) is 5.44. The van der Waals surface area contributed by atoms with Crippen LogP contribution >= 0.6 is 0 Å². The summed E-state index contributed by atoms with van der Waals surface area (Å²) in [5, 5.41) is 7.55. The second-order valence-corrected chi connectivity index (χ2v) is 9.35. The molecule has 3 aromatic rings. The van der Waals surface area contributed by atoms with E-state index in [-0.39, 0.29) is 17.6 Å². The van der Waals surface area contributed by atoms with Crippen LogP contribution in [-0.4, -0.2) is 76.1 Å². The molecule has 178 valence electrons. The zero-order valence-corrected chi connectivity index (χ0v) is 19.0. The number of primary amides is 1. The highest BCUT2D eigenvalue weighted by atomic mass is 16.5. The van der Waals surface area contributed by atoms with E-state index >= 15 is 0 Å². The molecule has 3 aromatic heterocycles. The van der Waals surface area contributed by atoms with Crippen LogP contribution in [0.2, 0.25) is 0 Å². The number of nitrogens with two attached hydrogens (primary N) is 2. The third-order valence-electron chi connectivity index (χ3n) is 7.55. The first-order valence-corrected chi connectivity index (χ1v) is 11.6. The molecule has 34 heavy (non-hydrogen) atoms. The number of anilines is 4. The average molecular weight is 465 g/mol. The molecule has 2 saturated heterocycles. The van der Waals surface area contributed by atoms with Crippen LogP contribution in [0.25, 0.3) is 11.2 Å². The molecule has 0 aliphatic carbocycles. The predicted octanol–water partition coefficient (Wildman–Crippen LogP) is 1.12. The molecule has 0 saturated carbocycles. The van der Waals surface area contributed by atoms with Gasteiger partial charge in [0.15, 0.2) is 22.8 Å².